The van der Waals surface area contributed by atoms with Gasteiger partial charge in [0.25, 0.3) is 11.5 Å². The molecule has 22 heavy (non-hydrogen) atoms. The van der Waals surface area contributed by atoms with Crippen LogP contribution in [-0.4, -0.2) is 16.9 Å². The maximum Gasteiger partial charge on any atom is 0.261 e. The summed E-state index contributed by atoms with van der Waals surface area (Å²) in [7, 11) is 0. The van der Waals surface area contributed by atoms with Gasteiger partial charge in [0, 0.05) is 11.7 Å². The van der Waals surface area contributed by atoms with Crippen LogP contribution >= 0.6 is 0 Å². The van der Waals surface area contributed by atoms with Gasteiger partial charge in [-0.2, -0.15) is 0 Å². The fraction of sp³-hybridized carbons (Fsp3) is 0.333. The van der Waals surface area contributed by atoms with E-state index in [9.17, 15) is 9.59 Å². The Balaban J connectivity index is 1.78. The van der Waals surface area contributed by atoms with E-state index >= 15 is 0 Å². The lowest BCUT2D eigenvalue weighted by molar-refractivity contribution is 0.0931. The summed E-state index contributed by atoms with van der Waals surface area (Å²) in [6.45, 7) is 3.61. The molecular weight excluding hydrogens is 276 g/mol. The lowest BCUT2D eigenvalue weighted by Gasteiger charge is -2.25. The molecule has 114 valence electrons. The van der Waals surface area contributed by atoms with E-state index in [4.69, 9.17) is 0 Å². The van der Waals surface area contributed by atoms with Crippen molar-refractivity contribution in [3.8, 4) is 0 Å². The van der Waals surface area contributed by atoms with E-state index in [0.717, 1.165) is 30.5 Å². The Kier molecular flexibility index (Phi) is 3.84. The first-order valence-electron chi connectivity index (χ1n) is 7.63. The van der Waals surface area contributed by atoms with E-state index in [1.807, 2.05) is 25.1 Å². The van der Waals surface area contributed by atoms with E-state index in [-0.39, 0.29) is 23.1 Å². The predicted octanol–water partition coefficient (Wildman–Crippen LogP) is 2.28. The molecule has 1 amide bonds. The summed E-state index contributed by atoms with van der Waals surface area (Å²) in [6.07, 6.45) is 2.70. The average molecular weight is 296 g/mol. The van der Waals surface area contributed by atoms with Gasteiger partial charge < -0.3 is 10.3 Å². The van der Waals surface area contributed by atoms with Crippen LogP contribution in [0.2, 0.25) is 0 Å². The summed E-state index contributed by atoms with van der Waals surface area (Å²) in [5.74, 6) is -0.275. The number of benzene rings is 1. The number of hydrogen-bond acceptors (Lipinski definition) is 2. The van der Waals surface area contributed by atoms with E-state index in [0.29, 0.717) is 0 Å². The zero-order chi connectivity index (χ0) is 15.7. The molecule has 0 aliphatic heterocycles. The van der Waals surface area contributed by atoms with Gasteiger partial charge in [-0.05, 0) is 55.9 Å². The van der Waals surface area contributed by atoms with Crippen molar-refractivity contribution in [1.29, 1.82) is 0 Å². The number of aromatic nitrogens is 1. The highest BCUT2D eigenvalue weighted by Crippen LogP contribution is 2.21. The predicted molar refractivity (Wildman–Crippen MR) is 86.3 cm³/mol. The van der Waals surface area contributed by atoms with Gasteiger partial charge in [-0.3, -0.25) is 9.59 Å². The lowest BCUT2D eigenvalue weighted by atomic mass is 9.88. The first kappa shape index (κ1) is 14.6. The van der Waals surface area contributed by atoms with Crippen LogP contribution in [0.25, 0.3) is 0 Å². The topological polar surface area (TPSA) is 62.0 Å². The largest absolute Gasteiger partial charge is 0.349 e. The van der Waals surface area contributed by atoms with Crippen LogP contribution in [0.1, 0.15) is 39.2 Å². The monoisotopic (exact) mass is 296 g/mol. The summed E-state index contributed by atoms with van der Waals surface area (Å²) >= 11 is 0. The molecule has 0 unspecified atom stereocenters. The Labute approximate surface area is 129 Å². The SMILES string of the molecule is Cc1cc(C)c(C(=O)N[C@@H]2CCc3ccccc3C2)c(=O)[nH]1. The molecule has 2 aromatic rings. The fourth-order valence-corrected chi connectivity index (χ4v) is 3.21. The molecule has 4 heteroatoms. The van der Waals surface area contributed by atoms with Crippen LogP contribution in [0.15, 0.2) is 35.1 Å². The first-order chi connectivity index (χ1) is 10.5. The maximum absolute atomic E-state index is 12.4. The van der Waals surface area contributed by atoms with Crippen molar-refractivity contribution in [2.24, 2.45) is 0 Å². The van der Waals surface area contributed by atoms with Gasteiger partial charge in [-0.15, -0.1) is 0 Å². The minimum absolute atomic E-state index is 0.0857. The highest BCUT2D eigenvalue weighted by atomic mass is 16.2. The molecule has 3 rings (SSSR count). The molecule has 0 radical (unpaired) electrons. The smallest absolute Gasteiger partial charge is 0.261 e. The fourth-order valence-electron chi connectivity index (χ4n) is 3.21. The zero-order valence-electron chi connectivity index (χ0n) is 12.9. The van der Waals surface area contributed by atoms with Crippen LogP contribution in [0.5, 0.6) is 0 Å². The quantitative estimate of drug-likeness (QED) is 0.893. The van der Waals surface area contributed by atoms with Crippen molar-refractivity contribution in [1.82, 2.24) is 10.3 Å². The van der Waals surface area contributed by atoms with Gasteiger partial charge in [0.1, 0.15) is 5.56 Å². The Morgan fingerprint density at radius 1 is 1.23 bits per heavy atom. The Morgan fingerprint density at radius 3 is 2.68 bits per heavy atom. The van der Waals surface area contributed by atoms with Gasteiger partial charge in [0.05, 0.1) is 0 Å². The maximum atomic E-state index is 12.4. The minimum atomic E-state index is -0.314. The van der Waals surface area contributed by atoms with E-state index in [2.05, 4.69) is 22.4 Å². The van der Waals surface area contributed by atoms with Crippen LogP contribution in [-0.2, 0) is 12.8 Å². The summed E-state index contributed by atoms with van der Waals surface area (Å²) < 4.78 is 0. The van der Waals surface area contributed by atoms with Gasteiger partial charge in [0.2, 0.25) is 0 Å². The van der Waals surface area contributed by atoms with Crippen molar-refractivity contribution in [3.05, 3.63) is 68.6 Å². The van der Waals surface area contributed by atoms with Crippen molar-refractivity contribution in [3.63, 3.8) is 0 Å². The number of amides is 1. The Morgan fingerprint density at radius 2 is 1.95 bits per heavy atom. The second-order valence-corrected chi connectivity index (χ2v) is 6.02. The second-order valence-electron chi connectivity index (χ2n) is 6.02. The number of pyridine rings is 1. The molecule has 1 atom stereocenters. The molecule has 2 N–H and O–H groups in total. The van der Waals surface area contributed by atoms with Crippen LogP contribution < -0.4 is 10.9 Å². The summed E-state index contributed by atoms with van der Waals surface area (Å²) in [6, 6.07) is 10.2. The number of fused-ring (bicyclic) bond motifs is 1. The Hall–Kier alpha value is -2.36. The lowest BCUT2D eigenvalue weighted by Crippen LogP contribution is -2.41. The van der Waals surface area contributed by atoms with Crippen LogP contribution in [0, 0.1) is 13.8 Å². The first-order valence-corrected chi connectivity index (χ1v) is 7.63. The van der Waals surface area contributed by atoms with Gasteiger partial charge in [-0.25, -0.2) is 0 Å². The van der Waals surface area contributed by atoms with Gasteiger partial charge in [-0.1, -0.05) is 24.3 Å². The zero-order valence-corrected chi connectivity index (χ0v) is 12.9. The number of hydrogen-bond donors (Lipinski definition) is 2. The number of aryl methyl sites for hydroxylation is 3. The highest BCUT2D eigenvalue weighted by Gasteiger charge is 2.22. The normalized spacial score (nSPS) is 16.9. The number of carbonyl (C=O) groups is 1. The number of aromatic amines is 1. The van der Waals surface area contributed by atoms with Crippen molar-refractivity contribution in [2.45, 2.75) is 39.2 Å². The standard InChI is InChI=1S/C18H20N2O2/c1-11-9-12(2)19-17(21)16(11)18(22)20-15-8-7-13-5-3-4-6-14(13)10-15/h3-6,9,15H,7-8,10H2,1-2H3,(H,19,21)(H,20,22)/t15-/m1/s1. The van der Waals surface area contributed by atoms with Crippen LogP contribution in [0.4, 0.5) is 0 Å². The summed E-state index contributed by atoms with van der Waals surface area (Å²) in [5, 5.41) is 3.02. The molecule has 1 aromatic heterocycles. The number of nitrogens with one attached hydrogen (secondary N) is 2. The molecule has 1 aromatic carbocycles. The number of H-pyrrole nitrogens is 1. The molecule has 0 bridgehead atoms. The van der Waals surface area contributed by atoms with Crippen molar-refractivity contribution < 1.29 is 4.79 Å². The average Bonchev–Trinajstić information content (AvgIpc) is 2.46. The van der Waals surface area contributed by atoms with Crippen LogP contribution in [0.3, 0.4) is 0 Å². The van der Waals surface area contributed by atoms with E-state index in [1.54, 1.807) is 6.92 Å². The molecule has 1 heterocycles. The van der Waals surface area contributed by atoms with Crippen molar-refractivity contribution >= 4 is 5.91 Å². The molecule has 0 fully saturated rings. The highest BCUT2D eigenvalue weighted by molar-refractivity contribution is 5.95. The van der Waals surface area contributed by atoms with Gasteiger partial charge in [0.15, 0.2) is 0 Å². The second kappa shape index (κ2) is 5.79. The third-order valence-corrected chi connectivity index (χ3v) is 4.27. The third-order valence-electron chi connectivity index (χ3n) is 4.27. The van der Waals surface area contributed by atoms with Crippen molar-refractivity contribution in [2.75, 3.05) is 0 Å². The van der Waals surface area contributed by atoms with E-state index in [1.165, 1.54) is 11.1 Å². The number of carbonyl (C=O) groups excluding carboxylic acids is 1. The van der Waals surface area contributed by atoms with Gasteiger partial charge >= 0.3 is 0 Å². The third kappa shape index (κ3) is 2.82. The molecule has 0 spiro atoms. The molecular formula is C18H20N2O2. The molecule has 4 nitrogen and oxygen atoms in total. The molecule has 0 saturated carbocycles. The Bertz CT molecular complexity index is 777. The summed E-state index contributed by atoms with van der Waals surface area (Å²) in [5.41, 5.74) is 4.04. The molecule has 1 aliphatic rings. The van der Waals surface area contributed by atoms with E-state index < -0.39 is 0 Å². The number of rotatable bonds is 2. The molecule has 1 aliphatic carbocycles. The summed E-state index contributed by atoms with van der Waals surface area (Å²) in [4.78, 5) is 27.2. The molecule has 0 saturated heterocycles. The minimum Gasteiger partial charge on any atom is -0.349 e.